The Morgan fingerprint density at radius 2 is 1.83 bits per heavy atom. The zero-order valence-electron chi connectivity index (χ0n) is 19.5. The fraction of sp³-hybridized carbons (Fsp3) is 0.333. The summed E-state index contributed by atoms with van der Waals surface area (Å²) in [7, 11) is 2.96. The summed E-state index contributed by atoms with van der Waals surface area (Å²) in [5, 5.41) is 6.08. The van der Waals surface area contributed by atoms with E-state index in [1.165, 1.54) is 23.9 Å². The second-order valence-corrected chi connectivity index (χ2v) is 7.89. The fourth-order valence-electron chi connectivity index (χ4n) is 3.83. The van der Waals surface area contributed by atoms with Crippen molar-refractivity contribution in [3.8, 4) is 11.6 Å². The second kappa shape index (κ2) is 12.2. The van der Waals surface area contributed by atoms with Crippen LogP contribution in [0.15, 0.2) is 48.5 Å². The van der Waals surface area contributed by atoms with Crippen molar-refractivity contribution in [1.29, 1.82) is 0 Å². The van der Waals surface area contributed by atoms with Crippen LogP contribution in [0.2, 0.25) is 0 Å². The van der Waals surface area contributed by atoms with Gasteiger partial charge in [0.1, 0.15) is 11.6 Å². The molecule has 3 aromatic rings. The van der Waals surface area contributed by atoms with Gasteiger partial charge in [-0.3, -0.25) is 5.32 Å². The molecule has 0 bridgehead atoms. The Balaban J connectivity index is 0.000000196. The zero-order valence-corrected chi connectivity index (χ0v) is 19.5. The van der Waals surface area contributed by atoms with E-state index in [0.29, 0.717) is 12.3 Å². The van der Waals surface area contributed by atoms with Gasteiger partial charge in [-0.1, -0.05) is 18.2 Å². The number of benzene rings is 2. The molecule has 1 aliphatic heterocycles. The highest BCUT2D eigenvalue weighted by molar-refractivity contribution is 5.87. The second-order valence-electron chi connectivity index (χ2n) is 7.89. The number of nitrogens with two attached hydrogens (primary N) is 1. The standard InChI is InChI=1S/C13H17F2NO.C11H11FN4O2/c1-17-5-4-16-3-2-10(9-16)11-6-12(14)8-13(15)7-11;1-18-10-8(12)9(14-11(13)17)16(15-10)7-5-3-2-4-6-7/h6-8,10H,2-5,9H2,1H3;2-6H,1H3,(H3,13,14,17). The molecule has 2 heterocycles. The normalized spacial score (nSPS) is 15.4. The topological polar surface area (TPSA) is 94.6 Å². The van der Waals surface area contributed by atoms with Crippen LogP contribution < -0.4 is 15.8 Å². The number of nitrogens with one attached hydrogen (secondary N) is 1. The Morgan fingerprint density at radius 3 is 2.43 bits per heavy atom. The predicted molar refractivity (Wildman–Crippen MR) is 125 cm³/mol. The molecule has 0 radical (unpaired) electrons. The molecule has 188 valence electrons. The van der Waals surface area contributed by atoms with Crippen molar-refractivity contribution in [2.45, 2.75) is 12.3 Å². The summed E-state index contributed by atoms with van der Waals surface area (Å²) in [6.07, 6.45) is 0.951. The van der Waals surface area contributed by atoms with E-state index < -0.39 is 23.5 Å². The fourth-order valence-corrected chi connectivity index (χ4v) is 3.83. The number of carbonyl (C=O) groups is 1. The molecule has 1 fully saturated rings. The lowest BCUT2D eigenvalue weighted by molar-refractivity contribution is 0.160. The Bertz CT molecular complexity index is 1110. The first kappa shape index (κ1) is 26.0. The number of aromatic nitrogens is 2. The summed E-state index contributed by atoms with van der Waals surface area (Å²) in [4.78, 5) is 13.1. The first-order chi connectivity index (χ1) is 16.8. The van der Waals surface area contributed by atoms with Gasteiger partial charge in [0.15, 0.2) is 5.82 Å². The van der Waals surface area contributed by atoms with Crippen molar-refractivity contribution in [1.82, 2.24) is 14.7 Å². The zero-order chi connectivity index (χ0) is 25.4. The van der Waals surface area contributed by atoms with Gasteiger partial charge in [-0.25, -0.2) is 18.3 Å². The number of ether oxygens (including phenoxy) is 2. The Morgan fingerprint density at radius 1 is 1.14 bits per heavy atom. The molecule has 0 aliphatic carbocycles. The molecular weight excluding hydrogens is 463 g/mol. The van der Waals surface area contributed by atoms with E-state index in [4.69, 9.17) is 15.2 Å². The van der Waals surface area contributed by atoms with Gasteiger partial charge >= 0.3 is 6.03 Å². The summed E-state index contributed by atoms with van der Waals surface area (Å²) in [5.41, 5.74) is 6.33. The van der Waals surface area contributed by atoms with E-state index in [0.717, 1.165) is 37.7 Å². The van der Waals surface area contributed by atoms with Crippen molar-refractivity contribution in [3.63, 3.8) is 0 Å². The molecule has 3 N–H and O–H groups in total. The third-order valence-corrected chi connectivity index (χ3v) is 5.47. The van der Waals surface area contributed by atoms with E-state index in [9.17, 15) is 18.0 Å². The minimum absolute atomic E-state index is 0.162. The summed E-state index contributed by atoms with van der Waals surface area (Å²) in [5.74, 6) is -1.91. The van der Waals surface area contributed by atoms with Crippen LogP contribution in [0, 0.1) is 17.5 Å². The number of hydrogen-bond donors (Lipinski definition) is 2. The summed E-state index contributed by atoms with van der Waals surface area (Å²) >= 11 is 0. The summed E-state index contributed by atoms with van der Waals surface area (Å²) < 4.78 is 51.1. The Hall–Kier alpha value is -3.57. The van der Waals surface area contributed by atoms with Crippen molar-refractivity contribution in [2.75, 3.05) is 45.8 Å². The SMILES string of the molecule is COCCN1CCC(c2cc(F)cc(F)c2)C1.COc1nn(-c2ccccc2)c(NC(N)=O)c1F. The Kier molecular flexibility index (Phi) is 9.10. The van der Waals surface area contributed by atoms with Gasteiger partial charge in [0, 0.05) is 26.3 Å². The van der Waals surface area contributed by atoms with Crippen LogP contribution in [0.5, 0.6) is 5.88 Å². The maximum Gasteiger partial charge on any atom is 0.317 e. The smallest absolute Gasteiger partial charge is 0.317 e. The quantitative estimate of drug-likeness (QED) is 0.523. The monoisotopic (exact) mass is 491 g/mol. The molecule has 1 aliphatic rings. The molecule has 1 aromatic heterocycles. The number of carbonyl (C=O) groups excluding carboxylic acids is 1. The van der Waals surface area contributed by atoms with Crippen molar-refractivity contribution < 1.29 is 27.4 Å². The molecule has 35 heavy (non-hydrogen) atoms. The number of rotatable bonds is 7. The van der Waals surface area contributed by atoms with Gasteiger partial charge in [0.2, 0.25) is 5.82 Å². The molecule has 2 amide bonds. The highest BCUT2D eigenvalue weighted by Gasteiger charge is 2.24. The number of nitrogens with zero attached hydrogens (tertiary/aromatic N) is 3. The number of likely N-dealkylation sites (tertiary alicyclic amines) is 1. The summed E-state index contributed by atoms with van der Waals surface area (Å²) in [6.45, 7) is 3.40. The van der Waals surface area contributed by atoms with Gasteiger partial charge in [-0.2, -0.15) is 4.39 Å². The average molecular weight is 492 g/mol. The lowest BCUT2D eigenvalue weighted by atomic mass is 9.98. The minimum atomic E-state index is -0.881. The van der Waals surface area contributed by atoms with Crippen molar-refractivity contribution in [3.05, 3.63) is 71.5 Å². The number of primary amides is 1. The molecule has 8 nitrogen and oxygen atoms in total. The van der Waals surface area contributed by atoms with E-state index in [1.807, 2.05) is 6.07 Å². The first-order valence-corrected chi connectivity index (χ1v) is 10.9. The van der Waals surface area contributed by atoms with Crippen LogP contribution in [0.3, 0.4) is 0 Å². The molecule has 4 rings (SSSR count). The largest absolute Gasteiger partial charge is 0.478 e. The number of hydrogen-bond acceptors (Lipinski definition) is 5. The first-order valence-electron chi connectivity index (χ1n) is 10.9. The molecular formula is C24H28F3N5O3. The van der Waals surface area contributed by atoms with Crippen LogP contribution in [0.25, 0.3) is 5.69 Å². The Labute approximate surface area is 201 Å². The third-order valence-electron chi connectivity index (χ3n) is 5.47. The van der Waals surface area contributed by atoms with Gasteiger partial charge in [-0.05, 0) is 48.7 Å². The maximum absolute atomic E-state index is 13.9. The molecule has 0 saturated carbocycles. The maximum atomic E-state index is 13.9. The molecule has 1 saturated heterocycles. The molecule has 1 unspecified atom stereocenters. The highest BCUT2D eigenvalue weighted by atomic mass is 19.1. The number of urea groups is 1. The minimum Gasteiger partial charge on any atom is -0.478 e. The molecule has 0 spiro atoms. The van der Waals surface area contributed by atoms with Crippen LogP contribution in [-0.2, 0) is 4.74 Å². The van der Waals surface area contributed by atoms with Gasteiger partial charge < -0.3 is 20.1 Å². The lowest BCUT2D eigenvalue weighted by Crippen LogP contribution is -2.24. The van der Waals surface area contributed by atoms with Crippen molar-refractivity contribution >= 4 is 11.8 Å². The number of para-hydroxylation sites is 1. The van der Waals surface area contributed by atoms with Crippen LogP contribution in [-0.4, -0.2) is 61.2 Å². The van der Waals surface area contributed by atoms with Gasteiger partial charge in [0.05, 0.1) is 19.4 Å². The number of halogens is 3. The van der Waals surface area contributed by atoms with Crippen molar-refractivity contribution in [2.24, 2.45) is 5.73 Å². The van der Waals surface area contributed by atoms with Gasteiger partial charge in [-0.15, -0.1) is 5.10 Å². The van der Waals surface area contributed by atoms with Crippen LogP contribution in [0.4, 0.5) is 23.8 Å². The summed E-state index contributed by atoms with van der Waals surface area (Å²) in [6, 6.07) is 11.7. The third kappa shape index (κ3) is 6.96. The van der Waals surface area contributed by atoms with E-state index in [-0.39, 0.29) is 17.6 Å². The van der Waals surface area contributed by atoms with E-state index >= 15 is 0 Å². The van der Waals surface area contributed by atoms with Crippen LogP contribution in [0.1, 0.15) is 17.9 Å². The van der Waals surface area contributed by atoms with E-state index in [2.05, 4.69) is 15.3 Å². The van der Waals surface area contributed by atoms with E-state index in [1.54, 1.807) is 31.4 Å². The number of methoxy groups -OCH3 is 2. The molecule has 11 heteroatoms. The van der Waals surface area contributed by atoms with Crippen LogP contribution >= 0.6 is 0 Å². The lowest BCUT2D eigenvalue weighted by Gasteiger charge is -2.15. The van der Waals surface area contributed by atoms with Gasteiger partial charge in [0.25, 0.3) is 5.88 Å². The number of anilines is 1. The number of amides is 2. The average Bonchev–Trinajstić information content (AvgIpc) is 3.43. The highest BCUT2D eigenvalue weighted by Crippen LogP contribution is 2.28. The predicted octanol–water partition coefficient (Wildman–Crippen LogP) is 3.91. The molecule has 2 aromatic carbocycles. The molecule has 1 atom stereocenters.